The average Bonchev–Trinajstić information content (AvgIpc) is 2.73. The van der Waals surface area contributed by atoms with Crippen LogP contribution in [0.25, 0.3) is 11.8 Å². The average molecular weight is 334 g/mol. The van der Waals surface area contributed by atoms with Crippen LogP contribution >= 0.6 is 23.2 Å². The Bertz CT molecular complexity index is 829. The molecule has 0 aliphatic rings. The van der Waals surface area contributed by atoms with Crippen molar-refractivity contribution < 1.29 is 4.79 Å². The number of aromatic nitrogens is 1. The van der Waals surface area contributed by atoms with Crippen LogP contribution in [0.2, 0.25) is 10.0 Å². The van der Waals surface area contributed by atoms with Crippen LogP contribution in [0.4, 0.5) is 0 Å². The number of carbonyl (C=O) groups is 1. The number of aryl methyl sites for hydroxylation is 1. The minimum absolute atomic E-state index is 0.0885. The van der Waals surface area contributed by atoms with Crippen molar-refractivity contribution in [3.8, 4) is 11.8 Å². The van der Waals surface area contributed by atoms with E-state index in [4.69, 9.17) is 34.2 Å². The highest BCUT2D eigenvalue weighted by atomic mass is 35.5. The van der Waals surface area contributed by atoms with Crippen molar-refractivity contribution in [3.05, 3.63) is 56.8 Å². The Morgan fingerprint density at radius 1 is 1.27 bits per heavy atom. The van der Waals surface area contributed by atoms with Gasteiger partial charge in [-0.2, -0.15) is 5.26 Å². The molecule has 1 aromatic heterocycles. The van der Waals surface area contributed by atoms with Crippen LogP contribution in [-0.4, -0.2) is 10.5 Å². The molecule has 0 atom stereocenters. The number of benzene rings is 1. The van der Waals surface area contributed by atoms with Gasteiger partial charge in [-0.25, -0.2) is 0 Å². The third kappa shape index (κ3) is 3.01. The monoisotopic (exact) mass is 333 g/mol. The summed E-state index contributed by atoms with van der Waals surface area (Å²) in [6.45, 7) is 3.81. The normalized spacial score (nSPS) is 11.3. The van der Waals surface area contributed by atoms with Crippen molar-refractivity contribution in [2.75, 3.05) is 0 Å². The predicted octanol–water partition coefficient (Wildman–Crippen LogP) is 3.79. The largest absolute Gasteiger partial charge is 0.365 e. The first-order chi connectivity index (χ1) is 10.3. The summed E-state index contributed by atoms with van der Waals surface area (Å²) in [4.78, 5) is 11.2. The zero-order valence-corrected chi connectivity index (χ0v) is 13.5. The van der Waals surface area contributed by atoms with E-state index in [1.165, 1.54) is 6.08 Å². The Morgan fingerprint density at radius 2 is 1.95 bits per heavy atom. The molecule has 0 radical (unpaired) electrons. The fourth-order valence-corrected chi connectivity index (χ4v) is 2.56. The van der Waals surface area contributed by atoms with Gasteiger partial charge in [0.15, 0.2) is 0 Å². The summed E-state index contributed by atoms with van der Waals surface area (Å²) in [6.07, 6.45) is 1.48. The Labute approximate surface area is 138 Å². The first-order valence-electron chi connectivity index (χ1n) is 6.41. The molecule has 0 spiro atoms. The lowest BCUT2D eigenvalue weighted by molar-refractivity contribution is -0.114. The molecule has 2 aromatic rings. The van der Waals surface area contributed by atoms with E-state index < -0.39 is 5.91 Å². The number of nitriles is 1. The quantitative estimate of drug-likeness (QED) is 0.685. The molecule has 0 fully saturated rings. The summed E-state index contributed by atoms with van der Waals surface area (Å²) in [5.74, 6) is -0.748. The highest BCUT2D eigenvalue weighted by molar-refractivity contribution is 6.42. The van der Waals surface area contributed by atoms with Gasteiger partial charge in [0.25, 0.3) is 5.91 Å². The number of carbonyl (C=O) groups excluding carboxylic acids is 1. The van der Waals surface area contributed by atoms with Crippen LogP contribution in [0.3, 0.4) is 0 Å². The molecule has 0 saturated heterocycles. The number of primary amides is 1. The Hall–Kier alpha value is -2.22. The van der Waals surface area contributed by atoms with Gasteiger partial charge in [-0.05, 0) is 49.8 Å². The molecule has 0 aliphatic carbocycles. The zero-order chi connectivity index (χ0) is 16.4. The molecule has 1 aromatic carbocycles. The van der Waals surface area contributed by atoms with E-state index in [2.05, 4.69) is 0 Å². The van der Waals surface area contributed by atoms with Crippen molar-refractivity contribution in [1.29, 1.82) is 5.26 Å². The van der Waals surface area contributed by atoms with Gasteiger partial charge in [0.2, 0.25) is 0 Å². The maximum Gasteiger partial charge on any atom is 0.259 e. The summed E-state index contributed by atoms with van der Waals surface area (Å²) in [5, 5.41) is 9.89. The van der Waals surface area contributed by atoms with Crippen LogP contribution in [0.15, 0.2) is 29.8 Å². The van der Waals surface area contributed by atoms with Crippen LogP contribution in [0.5, 0.6) is 0 Å². The second kappa shape index (κ2) is 6.27. The van der Waals surface area contributed by atoms with E-state index in [0.717, 1.165) is 22.6 Å². The lowest BCUT2D eigenvalue weighted by atomic mass is 10.1. The van der Waals surface area contributed by atoms with Crippen LogP contribution in [0.1, 0.15) is 17.0 Å². The summed E-state index contributed by atoms with van der Waals surface area (Å²) in [7, 11) is 0. The van der Waals surface area contributed by atoms with Crippen molar-refractivity contribution in [3.63, 3.8) is 0 Å². The molecule has 0 bridgehead atoms. The lowest BCUT2D eigenvalue weighted by Gasteiger charge is -2.10. The van der Waals surface area contributed by atoms with Gasteiger partial charge >= 0.3 is 0 Å². The molecular formula is C16H13Cl2N3O. The van der Waals surface area contributed by atoms with Gasteiger partial charge < -0.3 is 10.3 Å². The third-order valence-corrected chi connectivity index (χ3v) is 4.06. The van der Waals surface area contributed by atoms with Gasteiger partial charge in [-0.15, -0.1) is 0 Å². The first-order valence-corrected chi connectivity index (χ1v) is 7.16. The Kier molecular flexibility index (Phi) is 4.60. The summed E-state index contributed by atoms with van der Waals surface area (Å²) in [5.41, 5.74) is 8.48. The number of halogens is 2. The van der Waals surface area contributed by atoms with E-state index >= 15 is 0 Å². The molecule has 0 aliphatic heterocycles. The zero-order valence-electron chi connectivity index (χ0n) is 12.0. The maximum absolute atomic E-state index is 11.2. The molecule has 0 saturated carbocycles. The van der Waals surface area contributed by atoms with Gasteiger partial charge in [0.05, 0.1) is 10.0 Å². The molecule has 6 heteroatoms. The molecule has 4 nitrogen and oxygen atoms in total. The standard InChI is InChI=1S/C16H13Cl2N3O/c1-9-5-11(6-12(8-19)16(20)22)10(2)21(9)13-3-4-14(17)15(18)7-13/h3-7H,1-2H3,(H2,20,22)/b12-6+. The van der Waals surface area contributed by atoms with E-state index in [9.17, 15) is 4.79 Å². The summed E-state index contributed by atoms with van der Waals surface area (Å²) < 4.78 is 1.96. The second-order valence-corrected chi connectivity index (χ2v) is 5.61. The molecule has 0 unspecified atom stereocenters. The number of rotatable bonds is 3. The van der Waals surface area contributed by atoms with Crippen molar-refractivity contribution in [2.24, 2.45) is 5.73 Å². The van der Waals surface area contributed by atoms with Gasteiger partial charge in [0.1, 0.15) is 11.6 Å². The van der Waals surface area contributed by atoms with Crippen LogP contribution in [0, 0.1) is 25.2 Å². The lowest BCUT2D eigenvalue weighted by Crippen LogP contribution is -2.12. The SMILES string of the molecule is Cc1cc(/C=C(\C#N)C(N)=O)c(C)n1-c1ccc(Cl)c(Cl)c1. The minimum Gasteiger partial charge on any atom is -0.365 e. The van der Waals surface area contributed by atoms with Gasteiger partial charge in [-0.3, -0.25) is 4.79 Å². The molecule has 1 heterocycles. The highest BCUT2D eigenvalue weighted by Gasteiger charge is 2.12. The fraction of sp³-hybridized carbons (Fsp3) is 0.125. The molecule has 2 N–H and O–H groups in total. The number of amides is 1. The van der Waals surface area contributed by atoms with Gasteiger partial charge in [0, 0.05) is 17.1 Å². The second-order valence-electron chi connectivity index (χ2n) is 4.79. The fourth-order valence-electron chi connectivity index (χ4n) is 2.27. The third-order valence-electron chi connectivity index (χ3n) is 3.32. The van der Waals surface area contributed by atoms with E-state index in [1.807, 2.05) is 30.5 Å². The van der Waals surface area contributed by atoms with Crippen LogP contribution < -0.4 is 5.73 Å². The maximum atomic E-state index is 11.2. The number of nitrogens with two attached hydrogens (primary N) is 1. The number of hydrogen-bond donors (Lipinski definition) is 1. The van der Waals surface area contributed by atoms with Crippen molar-refractivity contribution >= 4 is 35.2 Å². The van der Waals surface area contributed by atoms with Crippen molar-refractivity contribution in [1.82, 2.24) is 4.57 Å². The van der Waals surface area contributed by atoms with E-state index in [0.29, 0.717) is 10.0 Å². The Balaban J connectivity index is 2.59. The number of hydrogen-bond acceptors (Lipinski definition) is 2. The highest BCUT2D eigenvalue weighted by Crippen LogP contribution is 2.28. The van der Waals surface area contributed by atoms with E-state index in [1.54, 1.807) is 18.2 Å². The molecule has 22 heavy (non-hydrogen) atoms. The predicted molar refractivity (Wildman–Crippen MR) is 88.0 cm³/mol. The first kappa shape index (κ1) is 16.2. The molecule has 1 amide bonds. The summed E-state index contributed by atoms with van der Waals surface area (Å²) >= 11 is 12.0. The van der Waals surface area contributed by atoms with Crippen LogP contribution in [-0.2, 0) is 4.79 Å². The van der Waals surface area contributed by atoms with Gasteiger partial charge in [-0.1, -0.05) is 23.2 Å². The molecule has 2 rings (SSSR count). The van der Waals surface area contributed by atoms with Crippen molar-refractivity contribution in [2.45, 2.75) is 13.8 Å². The topological polar surface area (TPSA) is 71.8 Å². The Morgan fingerprint density at radius 3 is 2.50 bits per heavy atom. The van der Waals surface area contributed by atoms with E-state index in [-0.39, 0.29) is 5.57 Å². The number of nitrogens with zero attached hydrogens (tertiary/aromatic N) is 2. The smallest absolute Gasteiger partial charge is 0.259 e. The molecule has 112 valence electrons. The summed E-state index contributed by atoms with van der Waals surface area (Å²) in [6, 6.07) is 9.00. The minimum atomic E-state index is -0.748. The molecular weight excluding hydrogens is 321 g/mol.